The number of ether oxygens (including phenoxy) is 2. The van der Waals surface area contributed by atoms with Gasteiger partial charge in [0.05, 0.1) is 29.9 Å². The van der Waals surface area contributed by atoms with Gasteiger partial charge in [-0.3, -0.25) is 4.90 Å². The quantitative estimate of drug-likeness (QED) is 0.371. The molecular weight excluding hydrogens is 512 g/mol. The molecule has 0 unspecified atom stereocenters. The zero-order valence-electron chi connectivity index (χ0n) is 19.8. The summed E-state index contributed by atoms with van der Waals surface area (Å²) in [5.41, 5.74) is -3.23. The van der Waals surface area contributed by atoms with Crippen molar-refractivity contribution in [1.82, 2.24) is 4.90 Å². The topological polar surface area (TPSA) is 38.8 Å². The van der Waals surface area contributed by atoms with Crippen LogP contribution in [0.5, 0.6) is 0 Å². The van der Waals surface area contributed by atoms with E-state index in [-0.39, 0.29) is 11.6 Å². The molecule has 198 valence electrons. The van der Waals surface area contributed by atoms with Gasteiger partial charge < -0.3 is 9.47 Å². The van der Waals surface area contributed by atoms with Crippen LogP contribution >= 0.6 is 11.6 Å². The number of carbonyl (C=O) groups is 1. The Labute approximate surface area is 210 Å². The standard InChI is InChI=1S/C25H26ClF6NO3/c1-23(2,3)36-22(34)33-10-4-5-20(21(33)16-6-8-19(26)9-7-16)35-14-15-11-17(24(27,28)29)13-18(12-15)25(30,31)32/h6-9,11-13,20-21H,4-5,10,14H2,1-3H3/t20-,21-/m1/s1. The lowest BCUT2D eigenvalue weighted by Gasteiger charge is -2.41. The monoisotopic (exact) mass is 537 g/mol. The largest absolute Gasteiger partial charge is 0.444 e. The maximum Gasteiger partial charge on any atom is 0.416 e. The lowest BCUT2D eigenvalue weighted by atomic mass is 9.92. The second kappa shape index (κ2) is 10.5. The number of carbonyl (C=O) groups excluding carboxylic acids is 1. The van der Waals surface area contributed by atoms with Crippen LogP contribution in [-0.2, 0) is 28.4 Å². The highest BCUT2D eigenvalue weighted by molar-refractivity contribution is 6.30. The predicted molar refractivity (Wildman–Crippen MR) is 121 cm³/mol. The summed E-state index contributed by atoms with van der Waals surface area (Å²) in [5.74, 6) is 0. The van der Waals surface area contributed by atoms with Crippen molar-refractivity contribution in [3.63, 3.8) is 0 Å². The molecule has 1 fully saturated rings. The van der Waals surface area contributed by atoms with Gasteiger partial charge in [-0.05, 0) is 75.1 Å². The minimum Gasteiger partial charge on any atom is -0.444 e. The van der Waals surface area contributed by atoms with Gasteiger partial charge in [-0.15, -0.1) is 0 Å². The van der Waals surface area contributed by atoms with Crippen molar-refractivity contribution in [2.45, 2.75) is 70.3 Å². The Hall–Kier alpha value is -2.46. The predicted octanol–water partition coefficient (Wildman–Crippen LogP) is 8.04. The van der Waals surface area contributed by atoms with E-state index in [1.165, 1.54) is 4.90 Å². The Balaban J connectivity index is 1.92. The molecule has 36 heavy (non-hydrogen) atoms. The average Bonchev–Trinajstić information content (AvgIpc) is 2.75. The van der Waals surface area contributed by atoms with Crippen LogP contribution < -0.4 is 0 Å². The third-order valence-corrected chi connectivity index (χ3v) is 5.78. The van der Waals surface area contributed by atoms with Crippen molar-refractivity contribution in [3.05, 3.63) is 69.7 Å². The highest BCUT2D eigenvalue weighted by Gasteiger charge is 2.39. The molecule has 3 rings (SSSR count). The molecule has 1 amide bonds. The summed E-state index contributed by atoms with van der Waals surface area (Å²) in [6.45, 7) is 4.97. The second-order valence-electron chi connectivity index (χ2n) is 9.58. The van der Waals surface area contributed by atoms with E-state index < -0.39 is 53.9 Å². The molecule has 1 heterocycles. The number of likely N-dealkylation sites (tertiary alicyclic amines) is 1. The van der Waals surface area contributed by atoms with Crippen LogP contribution in [0.25, 0.3) is 0 Å². The average molecular weight is 538 g/mol. The number of rotatable bonds is 4. The molecule has 4 nitrogen and oxygen atoms in total. The zero-order chi connectivity index (χ0) is 26.9. The number of halogens is 7. The van der Waals surface area contributed by atoms with Gasteiger partial charge >= 0.3 is 18.4 Å². The first-order chi connectivity index (χ1) is 16.5. The fraction of sp³-hybridized carbons (Fsp3) is 0.480. The van der Waals surface area contributed by atoms with E-state index in [4.69, 9.17) is 21.1 Å². The van der Waals surface area contributed by atoms with Gasteiger partial charge in [-0.25, -0.2) is 4.79 Å². The van der Waals surface area contributed by atoms with Gasteiger partial charge in [-0.1, -0.05) is 23.7 Å². The Morgan fingerprint density at radius 3 is 2.03 bits per heavy atom. The summed E-state index contributed by atoms with van der Waals surface area (Å²) in [5, 5.41) is 0.458. The lowest BCUT2D eigenvalue weighted by Crippen LogP contribution is -2.47. The van der Waals surface area contributed by atoms with E-state index in [1.807, 2.05) is 0 Å². The molecule has 0 spiro atoms. The van der Waals surface area contributed by atoms with Crippen LogP contribution in [0.2, 0.25) is 5.02 Å². The third-order valence-electron chi connectivity index (χ3n) is 5.53. The van der Waals surface area contributed by atoms with E-state index in [9.17, 15) is 31.1 Å². The van der Waals surface area contributed by atoms with Gasteiger partial charge in [-0.2, -0.15) is 26.3 Å². The molecule has 0 saturated carbocycles. The van der Waals surface area contributed by atoms with Crippen molar-refractivity contribution in [1.29, 1.82) is 0 Å². The summed E-state index contributed by atoms with van der Waals surface area (Å²) in [6, 6.07) is 7.30. The Morgan fingerprint density at radius 1 is 0.972 bits per heavy atom. The molecule has 0 aromatic heterocycles. The molecule has 1 saturated heterocycles. The van der Waals surface area contributed by atoms with Gasteiger partial charge in [0.2, 0.25) is 0 Å². The normalized spacial score (nSPS) is 19.3. The minimum absolute atomic E-state index is 0.0743. The van der Waals surface area contributed by atoms with Gasteiger partial charge in [0.15, 0.2) is 0 Å². The molecule has 2 aromatic carbocycles. The first-order valence-corrected chi connectivity index (χ1v) is 11.6. The third kappa shape index (κ3) is 7.29. The highest BCUT2D eigenvalue weighted by Crippen LogP contribution is 2.38. The van der Waals surface area contributed by atoms with Gasteiger partial charge in [0.25, 0.3) is 0 Å². The number of hydrogen-bond donors (Lipinski definition) is 0. The highest BCUT2D eigenvalue weighted by atomic mass is 35.5. The number of amides is 1. The SMILES string of the molecule is CC(C)(C)OC(=O)N1CCC[C@@H](OCc2cc(C(F)(F)F)cc(C(F)(F)F)c2)[C@H]1c1ccc(Cl)cc1. The van der Waals surface area contributed by atoms with E-state index in [0.29, 0.717) is 42.1 Å². The van der Waals surface area contributed by atoms with Gasteiger partial charge in [0, 0.05) is 11.6 Å². The van der Waals surface area contributed by atoms with E-state index >= 15 is 0 Å². The van der Waals surface area contributed by atoms with Crippen LogP contribution in [0.1, 0.15) is 61.9 Å². The van der Waals surface area contributed by atoms with Crippen LogP contribution in [0.15, 0.2) is 42.5 Å². The number of hydrogen-bond acceptors (Lipinski definition) is 3. The van der Waals surface area contributed by atoms with Crippen LogP contribution in [0.3, 0.4) is 0 Å². The minimum atomic E-state index is -4.96. The summed E-state index contributed by atoms with van der Waals surface area (Å²) >= 11 is 6.00. The summed E-state index contributed by atoms with van der Waals surface area (Å²) in [6.07, 6.45) is -10.3. The van der Waals surface area contributed by atoms with Crippen LogP contribution in [-0.4, -0.2) is 29.2 Å². The van der Waals surface area contributed by atoms with E-state index in [1.54, 1.807) is 45.0 Å². The number of piperidine rings is 1. The molecule has 2 atom stereocenters. The van der Waals surface area contributed by atoms with Crippen molar-refractivity contribution in [3.8, 4) is 0 Å². The van der Waals surface area contributed by atoms with Crippen LogP contribution in [0, 0.1) is 0 Å². The summed E-state index contributed by atoms with van der Waals surface area (Å²) in [4.78, 5) is 14.4. The van der Waals surface area contributed by atoms with Crippen molar-refractivity contribution < 1.29 is 40.6 Å². The number of benzene rings is 2. The summed E-state index contributed by atoms with van der Waals surface area (Å²) < 4.78 is 90.9. The Bertz CT molecular complexity index is 1030. The molecular formula is C25H26ClF6NO3. The summed E-state index contributed by atoms with van der Waals surface area (Å²) in [7, 11) is 0. The van der Waals surface area contributed by atoms with Crippen LogP contribution in [0.4, 0.5) is 31.1 Å². The van der Waals surface area contributed by atoms with Crippen molar-refractivity contribution in [2.75, 3.05) is 6.54 Å². The maximum absolute atomic E-state index is 13.2. The Kier molecular flexibility index (Phi) is 8.20. The first kappa shape index (κ1) is 28.1. The molecule has 2 aromatic rings. The fourth-order valence-corrected chi connectivity index (χ4v) is 4.15. The fourth-order valence-electron chi connectivity index (χ4n) is 4.02. The Morgan fingerprint density at radius 2 is 1.53 bits per heavy atom. The van der Waals surface area contributed by atoms with Gasteiger partial charge in [0.1, 0.15) is 5.60 Å². The molecule has 0 N–H and O–H groups in total. The van der Waals surface area contributed by atoms with E-state index in [0.717, 1.165) is 0 Å². The first-order valence-electron chi connectivity index (χ1n) is 11.2. The molecule has 0 aliphatic carbocycles. The van der Waals surface area contributed by atoms with E-state index in [2.05, 4.69) is 0 Å². The molecule has 11 heteroatoms. The van der Waals surface area contributed by atoms with Crippen molar-refractivity contribution in [2.24, 2.45) is 0 Å². The smallest absolute Gasteiger partial charge is 0.416 e. The molecule has 1 aliphatic heterocycles. The molecule has 1 aliphatic rings. The number of nitrogens with zero attached hydrogens (tertiary/aromatic N) is 1. The second-order valence-corrected chi connectivity index (χ2v) is 10.0. The number of alkyl halides is 6. The molecule has 0 radical (unpaired) electrons. The zero-order valence-corrected chi connectivity index (χ0v) is 20.6. The maximum atomic E-state index is 13.2. The van der Waals surface area contributed by atoms with Crippen molar-refractivity contribution >= 4 is 17.7 Å². The lowest BCUT2D eigenvalue weighted by molar-refractivity contribution is -0.143. The molecule has 0 bridgehead atoms.